The summed E-state index contributed by atoms with van der Waals surface area (Å²) in [6, 6.07) is 6.71. The van der Waals surface area contributed by atoms with Gasteiger partial charge in [-0.05, 0) is 24.3 Å². The van der Waals surface area contributed by atoms with Crippen LogP contribution in [0.15, 0.2) is 41.3 Å². The molecule has 3 nitrogen and oxygen atoms in total. The van der Waals surface area contributed by atoms with E-state index in [1.54, 1.807) is 6.07 Å². The molecule has 21 heavy (non-hydrogen) atoms. The first-order valence-corrected chi connectivity index (χ1v) is 5.77. The van der Waals surface area contributed by atoms with Gasteiger partial charge in [-0.3, -0.25) is 4.79 Å². The molecule has 1 aromatic carbocycles. The highest BCUT2D eigenvalue weighted by atomic mass is 19.4. The van der Waals surface area contributed by atoms with Gasteiger partial charge in [-0.2, -0.15) is 18.4 Å². The monoisotopic (exact) mass is 296 g/mol. The summed E-state index contributed by atoms with van der Waals surface area (Å²) < 4.78 is 52.2. The average molecular weight is 296 g/mol. The highest BCUT2D eigenvalue weighted by Gasteiger charge is 2.31. The molecule has 0 aliphatic rings. The van der Waals surface area contributed by atoms with Gasteiger partial charge in [0.15, 0.2) is 0 Å². The number of aromatic nitrogens is 1. The molecule has 0 N–H and O–H groups in total. The highest BCUT2D eigenvalue weighted by Crippen LogP contribution is 2.28. The largest absolute Gasteiger partial charge is 0.417 e. The van der Waals surface area contributed by atoms with Crippen molar-refractivity contribution in [2.75, 3.05) is 0 Å². The first-order valence-electron chi connectivity index (χ1n) is 5.77. The fourth-order valence-corrected chi connectivity index (χ4v) is 1.77. The summed E-state index contributed by atoms with van der Waals surface area (Å²) in [5, 5.41) is 8.73. The highest BCUT2D eigenvalue weighted by molar-refractivity contribution is 5.34. The number of halogens is 4. The summed E-state index contributed by atoms with van der Waals surface area (Å²) in [6.07, 6.45) is -3.97. The Morgan fingerprint density at radius 1 is 1.19 bits per heavy atom. The van der Waals surface area contributed by atoms with Crippen molar-refractivity contribution in [2.24, 2.45) is 0 Å². The van der Waals surface area contributed by atoms with Crippen molar-refractivity contribution in [3.8, 4) is 6.07 Å². The number of benzene rings is 1. The Kier molecular flexibility index (Phi) is 3.80. The quantitative estimate of drug-likeness (QED) is 0.800. The lowest BCUT2D eigenvalue weighted by molar-refractivity contribution is -0.138. The Bertz CT molecular complexity index is 772. The van der Waals surface area contributed by atoms with E-state index < -0.39 is 23.1 Å². The number of hydrogen-bond acceptors (Lipinski definition) is 2. The van der Waals surface area contributed by atoms with Crippen LogP contribution >= 0.6 is 0 Å². The number of rotatable bonds is 2. The van der Waals surface area contributed by atoms with Crippen molar-refractivity contribution < 1.29 is 17.6 Å². The number of hydrogen-bond donors (Lipinski definition) is 0. The van der Waals surface area contributed by atoms with Gasteiger partial charge in [-0.25, -0.2) is 4.39 Å². The summed E-state index contributed by atoms with van der Waals surface area (Å²) in [7, 11) is 0. The fourth-order valence-electron chi connectivity index (χ4n) is 1.77. The van der Waals surface area contributed by atoms with Gasteiger partial charge in [0.25, 0.3) is 5.56 Å². The molecule has 0 amide bonds. The predicted molar refractivity (Wildman–Crippen MR) is 65.9 cm³/mol. The summed E-state index contributed by atoms with van der Waals surface area (Å²) in [4.78, 5) is 11.6. The molecule has 1 heterocycles. The molecule has 2 aromatic rings. The van der Waals surface area contributed by atoms with E-state index in [2.05, 4.69) is 0 Å². The second-order valence-corrected chi connectivity index (χ2v) is 4.30. The fraction of sp³-hybridized carbons (Fsp3) is 0.143. The van der Waals surface area contributed by atoms with Crippen LogP contribution < -0.4 is 5.56 Å². The van der Waals surface area contributed by atoms with Gasteiger partial charge < -0.3 is 4.57 Å². The van der Waals surface area contributed by atoms with Crippen LogP contribution in [0.4, 0.5) is 17.6 Å². The van der Waals surface area contributed by atoms with Gasteiger partial charge >= 0.3 is 6.18 Å². The molecule has 0 aliphatic heterocycles. The van der Waals surface area contributed by atoms with E-state index in [9.17, 15) is 22.4 Å². The van der Waals surface area contributed by atoms with Crippen LogP contribution in [0.2, 0.25) is 0 Å². The molecular formula is C14H8F4N2O. The van der Waals surface area contributed by atoms with Crippen molar-refractivity contribution in [3.63, 3.8) is 0 Å². The van der Waals surface area contributed by atoms with Crippen molar-refractivity contribution in [2.45, 2.75) is 12.7 Å². The van der Waals surface area contributed by atoms with E-state index in [0.717, 1.165) is 16.7 Å². The summed E-state index contributed by atoms with van der Waals surface area (Å²) in [5.74, 6) is -0.696. The van der Waals surface area contributed by atoms with E-state index in [1.165, 1.54) is 12.1 Å². The van der Waals surface area contributed by atoms with Gasteiger partial charge in [0.05, 0.1) is 23.7 Å². The summed E-state index contributed by atoms with van der Waals surface area (Å²) in [6.45, 7) is -0.385. The lowest BCUT2D eigenvalue weighted by atomic mass is 10.1. The molecule has 0 aliphatic carbocycles. The van der Waals surface area contributed by atoms with Gasteiger partial charge in [0.2, 0.25) is 0 Å². The third-order valence-corrected chi connectivity index (χ3v) is 2.83. The van der Waals surface area contributed by atoms with E-state index in [-0.39, 0.29) is 17.7 Å². The van der Waals surface area contributed by atoms with Crippen LogP contribution in [0.1, 0.15) is 16.7 Å². The molecule has 0 spiro atoms. The van der Waals surface area contributed by atoms with Gasteiger partial charge in [0, 0.05) is 17.8 Å². The smallest absolute Gasteiger partial charge is 0.310 e. The number of nitriles is 1. The number of nitrogens with zero attached hydrogens (tertiary/aromatic N) is 2. The Labute approximate surface area is 116 Å². The number of alkyl halides is 3. The Morgan fingerprint density at radius 3 is 2.52 bits per heavy atom. The molecule has 2 rings (SSSR count). The Balaban J connectivity index is 2.45. The molecule has 1 aromatic heterocycles. The van der Waals surface area contributed by atoms with Gasteiger partial charge in [-0.15, -0.1) is 0 Å². The summed E-state index contributed by atoms with van der Waals surface area (Å²) in [5.41, 5.74) is -1.56. The summed E-state index contributed by atoms with van der Waals surface area (Å²) >= 11 is 0. The van der Waals surface area contributed by atoms with E-state index in [0.29, 0.717) is 12.3 Å². The van der Waals surface area contributed by atoms with E-state index >= 15 is 0 Å². The first-order chi connectivity index (χ1) is 9.81. The van der Waals surface area contributed by atoms with Crippen LogP contribution in [-0.4, -0.2) is 4.57 Å². The molecule has 7 heteroatoms. The molecule has 0 bridgehead atoms. The second kappa shape index (κ2) is 5.40. The molecule has 0 unspecified atom stereocenters. The molecule has 0 radical (unpaired) electrons. The molecule has 0 saturated carbocycles. The third-order valence-electron chi connectivity index (χ3n) is 2.83. The molecular weight excluding hydrogens is 288 g/mol. The normalized spacial score (nSPS) is 11.2. The zero-order valence-electron chi connectivity index (χ0n) is 10.5. The molecule has 108 valence electrons. The predicted octanol–water partition coefficient (Wildman–Crippen LogP) is 2.93. The second-order valence-electron chi connectivity index (χ2n) is 4.30. The van der Waals surface area contributed by atoms with Crippen LogP contribution in [0.5, 0.6) is 0 Å². The zero-order chi connectivity index (χ0) is 15.6. The standard InChI is InChI=1S/C14H8F4N2O/c15-12-3-1-9(6-19)5-10(12)7-20-8-11(14(16,17)18)2-4-13(20)21/h1-5,8H,7H2. The lowest BCUT2D eigenvalue weighted by Crippen LogP contribution is -2.22. The topological polar surface area (TPSA) is 45.8 Å². The average Bonchev–Trinajstić information content (AvgIpc) is 2.42. The maximum absolute atomic E-state index is 13.6. The van der Waals surface area contributed by atoms with Crippen molar-refractivity contribution in [3.05, 3.63) is 69.4 Å². The van der Waals surface area contributed by atoms with Crippen LogP contribution in [-0.2, 0) is 12.7 Å². The van der Waals surface area contributed by atoms with Crippen LogP contribution in [0.3, 0.4) is 0 Å². The van der Waals surface area contributed by atoms with Gasteiger partial charge in [-0.1, -0.05) is 0 Å². The van der Waals surface area contributed by atoms with E-state index in [4.69, 9.17) is 5.26 Å². The maximum atomic E-state index is 13.6. The Morgan fingerprint density at radius 2 is 1.90 bits per heavy atom. The molecule has 0 saturated heterocycles. The minimum absolute atomic E-state index is 0.0320. The first kappa shape index (κ1) is 14.8. The van der Waals surface area contributed by atoms with Crippen molar-refractivity contribution in [1.29, 1.82) is 5.26 Å². The van der Waals surface area contributed by atoms with Crippen molar-refractivity contribution >= 4 is 0 Å². The van der Waals surface area contributed by atoms with E-state index in [1.807, 2.05) is 0 Å². The Hall–Kier alpha value is -2.62. The third kappa shape index (κ3) is 3.28. The maximum Gasteiger partial charge on any atom is 0.417 e. The van der Waals surface area contributed by atoms with Crippen LogP contribution in [0, 0.1) is 17.1 Å². The van der Waals surface area contributed by atoms with Crippen LogP contribution in [0.25, 0.3) is 0 Å². The zero-order valence-corrected chi connectivity index (χ0v) is 10.5. The number of pyridine rings is 1. The lowest BCUT2D eigenvalue weighted by Gasteiger charge is -2.11. The van der Waals surface area contributed by atoms with Gasteiger partial charge in [0.1, 0.15) is 5.82 Å². The molecule has 0 atom stereocenters. The minimum Gasteiger partial charge on any atom is -0.310 e. The van der Waals surface area contributed by atoms with Crippen molar-refractivity contribution in [1.82, 2.24) is 4.57 Å². The SMILES string of the molecule is N#Cc1ccc(F)c(Cn2cc(C(F)(F)F)ccc2=O)c1. The molecule has 0 fully saturated rings. The minimum atomic E-state index is -4.59.